The van der Waals surface area contributed by atoms with E-state index in [0.717, 1.165) is 24.0 Å². The van der Waals surface area contributed by atoms with Gasteiger partial charge in [0, 0.05) is 18.3 Å². The molecule has 1 aromatic heterocycles. The summed E-state index contributed by atoms with van der Waals surface area (Å²) in [6, 6.07) is 13.2. The van der Waals surface area contributed by atoms with Crippen molar-refractivity contribution in [3.63, 3.8) is 0 Å². The Kier molecular flexibility index (Phi) is 4.80. The number of carbonyl (C=O) groups is 1. The van der Waals surface area contributed by atoms with E-state index in [1.807, 2.05) is 33.7 Å². The third-order valence-electron chi connectivity index (χ3n) is 5.65. The highest BCUT2D eigenvalue weighted by Gasteiger charge is 2.34. The number of carbonyl (C=O) groups excluding carboxylic acids is 1. The number of ether oxygens (including phenoxy) is 2. The first kappa shape index (κ1) is 18.9. The van der Waals surface area contributed by atoms with Crippen molar-refractivity contribution in [2.75, 3.05) is 31.7 Å². The summed E-state index contributed by atoms with van der Waals surface area (Å²) in [6.07, 6.45) is 3.30. The highest BCUT2D eigenvalue weighted by atomic mass is 16.7. The number of anilines is 1. The van der Waals surface area contributed by atoms with Crippen LogP contribution in [0.15, 0.2) is 48.8 Å². The van der Waals surface area contributed by atoms with Gasteiger partial charge in [-0.2, -0.15) is 0 Å². The van der Waals surface area contributed by atoms with Crippen LogP contribution in [0.25, 0.3) is 11.0 Å². The fourth-order valence-corrected chi connectivity index (χ4v) is 4.30. The summed E-state index contributed by atoms with van der Waals surface area (Å²) >= 11 is 0. The number of hydrogen-bond acceptors (Lipinski definition) is 6. The smallest absolute Gasteiger partial charge is 0.238 e. The van der Waals surface area contributed by atoms with Gasteiger partial charge in [-0.15, -0.1) is 0 Å². The molecule has 2 N–H and O–H groups in total. The van der Waals surface area contributed by atoms with Gasteiger partial charge in [0.25, 0.3) is 0 Å². The number of amides is 1. The number of nitrogens with zero attached hydrogens (tertiary/aromatic N) is 3. The Labute approximate surface area is 174 Å². The van der Waals surface area contributed by atoms with Crippen molar-refractivity contribution in [1.29, 1.82) is 0 Å². The number of rotatable bonds is 5. The zero-order valence-corrected chi connectivity index (χ0v) is 16.6. The summed E-state index contributed by atoms with van der Waals surface area (Å²) in [5.74, 6) is 1.19. The number of piperidine rings is 1. The summed E-state index contributed by atoms with van der Waals surface area (Å²) in [7, 11) is 0. The van der Waals surface area contributed by atoms with Gasteiger partial charge >= 0.3 is 0 Å². The Bertz CT molecular complexity index is 1080. The first-order chi connectivity index (χ1) is 14.6. The van der Waals surface area contributed by atoms with E-state index in [2.05, 4.69) is 10.3 Å². The number of aromatic nitrogens is 2. The van der Waals surface area contributed by atoms with Gasteiger partial charge in [0.2, 0.25) is 12.7 Å². The van der Waals surface area contributed by atoms with Crippen LogP contribution in [0.1, 0.15) is 12.8 Å². The molecule has 1 saturated heterocycles. The number of aliphatic hydroxyl groups is 1. The average molecular weight is 408 g/mol. The molecule has 2 aromatic carbocycles. The lowest BCUT2D eigenvalue weighted by atomic mass is 9.92. The second kappa shape index (κ2) is 7.62. The third-order valence-corrected chi connectivity index (χ3v) is 5.65. The number of fused-ring (bicyclic) bond motifs is 2. The van der Waals surface area contributed by atoms with Crippen molar-refractivity contribution in [3.8, 4) is 11.5 Å². The van der Waals surface area contributed by atoms with Gasteiger partial charge < -0.3 is 24.5 Å². The number of likely N-dealkylation sites (tertiary alicyclic amines) is 1. The van der Waals surface area contributed by atoms with Crippen LogP contribution in [-0.4, -0.2) is 57.5 Å². The largest absolute Gasteiger partial charge is 0.454 e. The van der Waals surface area contributed by atoms with Gasteiger partial charge in [-0.1, -0.05) is 12.1 Å². The summed E-state index contributed by atoms with van der Waals surface area (Å²) < 4.78 is 12.6. The molecule has 1 amide bonds. The predicted molar refractivity (Wildman–Crippen MR) is 112 cm³/mol. The number of hydrogen-bond donors (Lipinski definition) is 2. The van der Waals surface area contributed by atoms with E-state index in [1.54, 1.807) is 24.5 Å². The van der Waals surface area contributed by atoms with Crippen molar-refractivity contribution in [1.82, 2.24) is 14.5 Å². The van der Waals surface area contributed by atoms with E-state index in [1.165, 1.54) is 0 Å². The van der Waals surface area contributed by atoms with Crippen molar-refractivity contribution in [3.05, 3.63) is 48.8 Å². The molecule has 0 radical (unpaired) electrons. The second-order valence-corrected chi connectivity index (χ2v) is 8.02. The van der Waals surface area contributed by atoms with E-state index < -0.39 is 5.60 Å². The predicted octanol–water partition coefficient (Wildman–Crippen LogP) is 2.23. The fourth-order valence-electron chi connectivity index (χ4n) is 4.30. The Morgan fingerprint density at radius 1 is 1.20 bits per heavy atom. The Balaban J connectivity index is 1.22. The van der Waals surface area contributed by atoms with Crippen LogP contribution in [0.4, 0.5) is 5.69 Å². The quantitative estimate of drug-likeness (QED) is 0.673. The van der Waals surface area contributed by atoms with Crippen LogP contribution in [0.2, 0.25) is 0 Å². The van der Waals surface area contributed by atoms with Crippen LogP contribution in [0, 0.1) is 0 Å². The number of imidazole rings is 1. The van der Waals surface area contributed by atoms with E-state index in [9.17, 15) is 9.90 Å². The lowest BCUT2D eigenvalue weighted by Crippen LogP contribution is -2.52. The number of nitrogens with one attached hydrogen (secondary N) is 1. The topological polar surface area (TPSA) is 88.9 Å². The van der Waals surface area contributed by atoms with Crippen LogP contribution in [0.5, 0.6) is 11.5 Å². The van der Waals surface area contributed by atoms with Crippen LogP contribution >= 0.6 is 0 Å². The third kappa shape index (κ3) is 3.83. The summed E-state index contributed by atoms with van der Waals surface area (Å²) in [5.41, 5.74) is 1.68. The van der Waals surface area contributed by atoms with Crippen molar-refractivity contribution in [2.45, 2.75) is 25.0 Å². The molecule has 2 aliphatic rings. The lowest BCUT2D eigenvalue weighted by Gasteiger charge is -2.39. The van der Waals surface area contributed by atoms with Gasteiger partial charge in [0.05, 0.1) is 36.1 Å². The van der Waals surface area contributed by atoms with Crippen molar-refractivity contribution >= 4 is 22.6 Å². The average Bonchev–Trinajstić information content (AvgIpc) is 3.34. The normalized spacial score (nSPS) is 21.1. The molecule has 0 saturated carbocycles. The van der Waals surface area contributed by atoms with Gasteiger partial charge in [-0.25, -0.2) is 4.98 Å². The number of β-amino-alcohol motifs (C(OH)–C–C–N with tert-alkyl or cyclic N) is 1. The second-order valence-electron chi connectivity index (χ2n) is 8.02. The van der Waals surface area contributed by atoms with Gasteiger partial charge in [0.1, 0.15) is 0 Å². The Morgan fingerprint density at radius 3 is 3.00 bits per heavy atom. The highest BCUT2D eigenvalue weighted by Crippen LogP contribution is 2.34. The molecule has 1 fully saturated rings. The highest BCUT2D eigenvalue weighted by molar-refractivity contribution is 5.92. The Morgan fingerprint density at radius 2 is 2.07 bits per heavy atom. The van der Waals surface area contributed by atoms with Gasteiger partial charge in [0.15, 0.2) is 11.5 Å². The molecule has 2 aliphatic heterocycles. The lowest BCUT2D eigenvalue weighted by molar-refractivity contribution is -0.119. The van der Waals surface area contributed by atoms with Crippen molar-refractivity contribution < 1.29 is 19.4 Å². The van der Waals surface area contributed by atoms with E-state index in [0.29, 0.717) is 36.7 Å². The monoisotopic (exact) mass is 408 g/mol. The summed E-state index contributed by atoms with van der Waals surface area (Å²) in [6.45, 7) is 2.09. The molecule has 0 aliphatic carbocycles. The van der Waals surface area contributed by atoms with E-state index >= 15 is 0 Å². The molecular formula is C22H24N4O4. The van der Waals surface area contributed by atoms with E-state index in [4.69, 9.17) is 9.47 Å². The van der Waals surface area contributed by atoms with Crippen LogP contribution < -0.4 is 14.8 Å². The number of benzene rings is 2. The molecule has 5 rings (SSSR count). The molecule has 3 heterocycles. The SMILES string of the molecule is O=C(CN1CCCC(O)(Cn2cnc3ccccc32)C1)Nc1ccc2c(c1)OCO2. The minimum Gasteiger partial charge on any atom is -0.454 e. The van der Waals surface area contributed by atoms with Crippen molar-refractivity contribution in [2.24, 2.45) is 0 Å². The molecule has 0 spiro atoms. The zero-order chi connectivity index (χ0) is 20.6. The van der Waals surface area contributed by atoms with Crippen LogP contribution in [-0.2, 0) is 11.3 Å². The molecule has 1 unspecified atom stereocenters. The molecule has 0 bridgehead atoms. The molecule has 156 valence electrons. The maximum absolute atomic E-state index is 12.6. The Hall–Kier alpha value is -3.10. The maximum Gasteiger partial charge on any atom is 0.238 e. The van der Waals surface area contributed by atoms with Gasteiger partial charge in [-0.05, 0) is 43.7 Å². The minimum atomic E-state index is -0.902. The molecule has 8 nitrogen and oxygen atoms in total. The first-order valence-corrected chi connectivity index (χ1v) is 10.1. The molecular weight excluding hydrogens is 384 g/mol. The fraction of sp³-hybridized carbons (Fsp3) is 0.364. The van der Waals surface area contributed by atoms with Gasteiger partial charge in [-0.3, -0.25) is 9.69 Å². The first-order valence-electron chi connectivity index (χ1n) is 10.1. The summed E-state index contributed by atoms with van der Waals surface area (Å²) in [4.78, 5) is 19.0. The van der Waals surface area contributed by atoms with Crippen LogP contribution in [0.3, 0.4) is 0 Å². The zero-order valence-electron chi connectivity index (χ0n) is 16.6. The maximum atomic E-state index is 12.6. The number of para-hydroxylation sites is 2. The molecule has 30 heavy (non-hydrogen) atoms. The van der Waals surface area contributed by atoms with E-state index in [-0.39, 0.29) is 19.2 Å². The summed E-state index contributed by atoms with van der Waals surface area (Å²) in [5, 5.41) is 14.1. The minimum absolute atomic E-state index is 0.119. The molecule has 3 aromatic rings. The standard InChI is InChI=1S/C22H24N4O4/c27-21(24-16-6-7-19-20(10-16)30-15-29-19)11-25-9-3-8-22(28,12-25)13-26-14-23-17-4-1-2-5-18(17)26/h1-2,4-7,10,14,28H,3,8-9,11-13,15H2,(H,24,27). The molecule has 1 atom stereocenters. The molecule has 8 heteroatoms.